The maximum atomic E-state index is 12.4. The van der Waals surface area contributed by atoms with E-state index in [4.69, 9.17) is 5.73 Å². The molecule has 0 saturated carbocycles. The molecule has 0 aliphatic carbocycles. The van der Waals surface area contributed by atoms with Crippen LogP contribution >= 0.6 is 0 Å². The van der Waals surface area contributed by atoms with E-state index in [1.807, 2.05) is 0 Å². The van der Waals surface area contributed by atoms with Crippen LogP contribution in [0.1, 0.15) is 16.1 Å². The van der Waals surface area contributed by atoms with Crippen molar-refractivity contribution in [3.63, 3.8) is 0 Å². The Bertz CT molecular complexity index is 617. The first kappa shape index (κ1) is 12.9. The Morgan fingerprint density at radius 1 is 1.26 bits per heavy atom. The molecule has 0 aliphatic rings. The predicted octanol–water partition coefficient (Wildman–Crippen LogP) is 1.90. The number of nitrogens with one attached hydrogen (secondary N) is 1. The van der Waals surface area contributed by atoms with Crippen LogP contribution in [0.25, 0.3) is 11.4 Å². The van der Waals surface area contributed by atoms with Gasteiger partial charge in [-0.2, -0.15) is 18.2 Å². The number of rotatable bonds is 2. The van der Waals surface area contributed by atoms with Crippen molar-refractivity contribution in [1.29, 1.82) is 0 Å². The van der Waals surface area contributed by atoms with Gasteiger partial charge in [-0.3, -0.25) is 4.79 Å². The van der Waals surface area contributed by atoms with Gasteiger partial charge in [-0.15, -0.1) is 0 Å². The van der Waals surface area contributed by atoms with Crippen LogP contribution in [0.15, 0.2) is 24.3 Å². The summed E-state index contributed by atoms with van der Waals surface area (Å²) in [6, 6.07) is 4.09. The van der Waals surface area contributed by atoms with Gasteiger partial charge in [0.15, 0.2) is 5.69 Å². The molecule has 8 heteroatoms. The first-order chi connectivity index (χ1) is 8.79. The van der Waals surface area contributed by atoms with Crippen LogP contribution < -0.4 is 5.73 Å². The molecule has 0 unspecified atom stereocenters. The maximum absolute atomic E-state index is 12.4. The predicted molar refractivity (Wildman–Crippen MR) is 59.2 cm³/mol. The minimum absolute atomic E-state index is 0.0556. The van der Waals surface area contributed by atoms with Crippen molar-refractivity contribution in [2.75, 3.05) is 0 Å². The summed E-state index contributed by atoms with van der Waals surface area (Å²) in [7, 11) is 0. The molecule has 0 atom stereocenters. The Kier molecular flexibility index (Phi) is 2.93. The van der Waals surface area contributed by atoms with E-state index in [9.17, 15) is 23.1 Å². The molecule has 2 rings (SSSR count). The minimum Gasteiger partial charge on any atom is -0.492 e. The molecule has 1 amide bonds. The van der Waals surface area contributed by atoms with Crippen molar-refractivity contribution in [3.8, 4) is 17.3 Å². The molecule has 4 N–H and O–H groups in total. The van der Waals surface area contributed by atoms with Gasteiger partial charge < -0.3 is 15.8 Å². The summed E-state index contributed by atoms with van der Waals surface area (Å²) >= 11 is 0. The van der Waals surface area contributed by atoms with Crippen LogP contribution in [-0.4, -0.2) is 21.0 Å². The summed E-state index contributed by atoms with van der Waals surface area (Å²) in [6.07, 6.45) is -4.43. The van der Waals surface area contributed by atoms with Crippen molar-refractivity contribution in [3.05, 3.63) is 35.5 Å². The summed E-state index contributed by atoms with van der Waals surface area (Å²) in [5.74, 6) is -1.45. The van der Waals surface area contributed by atoms with E-state index in [1.54, 1.807) is 0 Å². The Hall–Kier alpha value is -2.51. The molecule has 19 heavy (non-hydrogen) atoms. The van der Waals surface area contributed by atoms with Gasteiger partial charge in [0.25, 0.3) is 5.91 Å². The Morgan fingerprint density at radius 2 is 1.84 bits per heavy atom. The third-order valence-corrected chi connectivity index (χ3v) is 2.42. The van der Waals surface area contributed by atoms with Gasteiger partial charge in [0, 0.05) is 5.56 Å². The lowest BCUT2D eigenvalue weighted by Gasteiger charge is -2.06. The molecule has 5 nitrogen and oxygen atoms in total. The standard InChI is InChI=1S/C11H8F3N3O2/c12-11(13,14)6-3-1-5(2-4-6)9-16-7(8(15)18)10(19)17-9/h1-4,19H,(H2,15,18)(H,16,17). The van der Waals surface area contributed by atoms with Gasteiger partial charge in [-0.05, 0) is 12.1 Å². The van der Waals surface area contributed by atoms with Gasteiger partial charge in [-0.25, -0.2) is 0 Å². The third-order valence-electron chi connectivity index (χ3n) is 2.42. The average molecular weight is 271 g/mol. The molecule has 0 spiro atoms. The van der Waals surface area contributed by atoms with Gasteiger partial charge in [0.1, 0.15) is 5.82 Å². The van der Waals surface area contributed by atoms with Crippen LogP contribution in [0.2, 0.25) is 0 Å². The average Bonchev–Trinajstić information content (AvgIpc) is 2.70. The molecule has 0 bridgehead atoms. The van der Waals surface area contributed by atoms with Crippen LogP contribution in [-0.2, 0) is 6.18 Å². The fourth-order valence-electron chi connectivity index (χ4n) is 1.49. The van der Waals surface area contributed by atoms with Gasteiger partial charge in [0.05, 0.1) is 5.56 Å². The number of nitrogens with zero attached hydrogens (tertiary/aromatic N) is 1. The number of H-pyrrole nitrogens is 1. The van der Waals surface area contributed by atoms with Crippen molar-refractivity contribution < 1.29 is 23.1 Å². The summed E-state index contributed by atoms with van der Waals surface area (Å²) < 4.78 is 37.1. The summed E-state index contributed by atoms with van der Waals surface area (Å²) in [5.41, 5.74) is 4.16. The Labute approximate surface area is 104 Å². The minimum atomic E-state index is -4.43. The number of aromatic nitrogens is 2. The third kappa shape index (κ3) is 2.51. The Morgan fingerprint density at radius 3 is 2.26 bits per heavy atom. The second-order valence-corrected chi connectivity index (χ2v) is 3.72. The van der Waals surface area contributed by atoms with E-state index in [0.29, 0.717) is 0 Å². The highest BCUT2D eigenvalue weighted by Crippen LogP contribution is 2.31. The largest absolute Gasteiger partial charge is 0.492 e. The molecule has 100 valence electrons. The monoisotopic (exact) mass is 271 g/mol. The number of benzene rings is 1. The summed E-state index contributed by atoms with van der Waals surface area (Å²) in [5, 5.41) is 9.32. The topological polar surface area (TPSA) is 92.0 Å². The van der Waals surface area contributed by atoms with E-state index in [2.05, 4.69) is 9.97 Å². The molecule has 0 fully saturated rings. The quantitative estimate of drug-likeness (QED) is 0.778. The van der Waals surface area contributed by atoms with E-state index in [0.717, 1.165) is 12.1 Å². The number of nitrogens with two attached hydrogens (primary N) is 1. The zero-order valence-electron chi connectivity index (χ0n) is 9.32. The molecule has 1 aromatic carbocycles. The summed E-state index contributed by atoms with van der Waals surface area (Å²) in [6.45, 7) is 0. The SMILES string of the molecule is NC(=O)c1[nH]c(-c2ccc(C(F)(F)F)cc2)nc1O. The zero-order chi connectivity index (χ0) is 14.2. The second-order valence-electron chi connectivity index (χ2n) is 3.72. The molecule has 1 heterocycles. The number of aromatic amines is 1. The number of carbonyl (C=O) groups excluding carboxylic acids is 1. The van der Waals surface area contributed by atoms with E-state index in [1.165, 1.54) is 12.1 Å². The number of halogens is 3. The van der Waals surface area contributed by atoms with Gasteiger partial charge in [-0.1, -0.05) is 12.1 Å². The van der Waals surface area contributed by atoms with Crippen LogP contribution in [0, 0.1) is 0 Å². The highest BCUT2D eigenvalue weighted by molar-refractivity contribution is 5.93. The van der Waals surface area contributed by atoms with Crippen molar-refractivity contribution in [2.24, 2.45) is 5.73 Å². The first-order valence-corrected chi connectivity index (χ1v) is 5.05. The lowest BCUT2D eigenvalue weighted by atomic mass is 10.1. The fraction of sp³-hybridized carbons (Fsp3) is 0.0909. The number of carbonyl (C=O) groups is 1. The number of primary amides is 1. The van der Waals surface area contributed by atoms with Crippen molar-refractivity contribution in [1.82, 2.24) is 9.97 Å². The van der Waals surface area contributed by atoms with E-state index < -0.39 is 23.5 Å². The molecular formula is C11H8F3N3O2. The number of hydrogen-bond donors (Lipinski definition) is 3. The summed E-state index contributed by atoms with van der Waals surface area (Å²) in [4.78, 5) is 16.9. The maximum Gasteiger partial charge on any atom is 0.416 e. The van der Waals surface area contributed by atoms with E-state index >= 15 is 0 Å². The number of amides is 1. The normalized spacial score (nSPS) is 11.5. The first-order valence-electron chi connectivity index (χ1n) is 5.05. The lowest BCUT2D eigenvalue weighted by molar-refractivity contribution is -0.137. The van der Waals surface area contributed by atoms with Gasteiger partial charge >= 0.3 is 6.18 Å². The fourth-order valence-corrected chi connectivity index (χ4v) is 1.49. The highest BCUT2D eigenvalue weighted by Gasteiger charge is 2.30. The number of aromatic hydroxyl groups is 1. The number of hydrogen-bond acceptors (Lipinski definition) is 3. The van der Waals surface area contributed by atoms with Crippen LogP contribution in [0.5, 0.6) is 5.88 Å². The molecule has 2 aromatic rings. The molecule has 0 aliphatic heterocycles. The zero-order valence-corrected chi connectivity index (χ0v) is 9.32. The Balaban J connectivity index is 2.38. The van der Waals surface area contributed by atoms with Gasteiger partial charge in [0.2, 0.25) is 5.88 Å². The molecular weight excluding hydrogens is 263 g/mol. The van der Waals surface area contributed by atoms with E-state index in [-0.39, 0.29) is 17.1 Å². The van der Waals surface area contributed by atoms with Crippen LogP contribution in [0.3, 0.4) is 0 Å². The van der Waals surface area contributed by atoms with Crippen molar-refractivity contribution >= 4 is 5.91 Å². The highest BCUT2D eigenvalue weighted by atomic mass is 19.4. The molecule has 0 saturated heterocycles. The molecule has 0 radical (unpaired) electrons. The molecule has 1 aromatic heterocycles. The lowest BCUT2D eigenvalue weighted by Crippen LogP contribution is -2.11. The second kappa shape index (κ2) is 4.30. The van der Waals surface area contributed by atoms with Crippen LogP contribution in [0.4, 0.5) is 13.2 Å². The number of imidazole rings is 1. The smallest absolute Gasteiger partial charge is 0.416 e. The number of alkyl halides is 3. The van der Waals surface area contributed by atoms with Crippen molar-refractivity contribution in [2.45, 2.75) is 6.18 Å².